The lowest BCUT2D eigenvalue weighted by molar-refractivity contribution is -0.140. The van der Waals surface area contributed by atoms with E-state index >= 15 is 0 Å². The third-order valence-corrected chi connectivity index (χ3v) is 5.16. The van der Waals surface area contributed by atoms with E-state index in [0.717, 1.165) is 17.1 Å². The Morgan fingerprint density at radius 3 is 2.45 bits per heavy atom. The minimum absolute atomic E-state index is 0.152. The molecule has 2 rings (SSSR count). The largest absolute Gasteiger partial charge is 0.481 e. The van der Waals surface area contributed by atoms with Crippen LogP contribution in [-0.4, -0.2) is 28.5 Å². The van der Waals surface area contributed by atoms with Crippen molar-refractivity contribution >= 4 is 23.2 Å². The Bertz CT molecular complexity index is 551. The van der Waals surface area contributed by atoms with Crippen LogP contribution in [0.3, 0.4) is 0 Å². The first-order chi connectivity index (χ1) is 9.25. The summed E-state index contributed by atoms with van der Waals surface area (Å²) in [5.41, 5.74) is 0.573. The number of rotatable bonds is 5. The highest BCUT2D eigenvalue weighted by Crippen LogP contribution is 2.58. The fourth-order valence-electron chi connectivity index (χ4n) is 2.80. The lowest BCUT2D eigenvalue weighted by Crippen LogP contribution is -2.29. The maximum atomic E-state index is 12.0. The summed E-state index contributed by atoms with van der Waals surface area (Å²) in [5.74, 6) is -2.01. The molecule has 1 saturated carbocycles. The van der Waals surface area contributed by atoms with Gasteiger partial charge in [-0.1, -0.05) is 13.8 Å². The fourth-order valence-corrected chi connectivity index (χ4v) is 3.74. The van der Waals surface area contributed by atoms with Gasteiger partial charge < -0.3 is 10.4 Å². The summed E-state index contributed by atoms with van der Waals surface area (Å²) >= 11 is 1.64. The number of aliphatic carboxylic acids is 1. The quantitative estimate of drug-likeness (QED) is 0.868. The van der Waals surface area contributed by atoms with E-state index in [1.54, 1.807) is 11.3 Å². The van der Waals surface area contributed by atoms with Crippen molar-refractivity contribution < 1.29 is 14.7 Å². The minimum atomic E-state index is -0.885. The number of nitrogens with one attached hydrogen (secondary N) is 1. The first kappa shape index (κ1) is 15.0. The van der Waals surface area contributed by atoms with Crippen molar-refractivity contribution in [1.29, 1.82) is 0 Å². The van der Waals surface area contributed by atoms with Gasteiger partial charge in [0.25, 0.3) is 0 Å². The summed E-state index contributed by atoms with van der Waals surface area (Å²) in [4.78, 5) is 28.6. The predicted molar refractivity (Wildman–Crippen MR) is 76.7 cm³/mol. The van der Waals surface area contributed by atoms with E-state index in [0.29, 0.717) is 6.54 Å². The molecule has 0 unspecified atom stereocenters. The number of nitrogens with zero attached hydrogens (tertiary/aromatic N) is 1. The van der Waals surface area contributed by atoms with Gasteiger partial charge in [0.15, 0.2) is 0 Å². The number of carbonyl (C=O) groups is 2. The number of carboxylic acid groups (broad SMARTS) is 1. The summed E-state index contributed by atoms with van der Waals surface area (Å²) in [6.07, 6.45) is 0.744. The topological polar surface area (TPSA) is 79.3 Å². The molecule has 0 bridgehead atoms. The van der Waals surface area contributed by atoms with Crippen LogP contribution in [0.2, 0.25) is 0 Å². The third-order valence-electron chi connectivity index (χ3n) is 4.03. The SMILES string of the molecule is Cc1nc(C)c(CCNC(=O)[C@@H]2[C@H](C(=O)O)C2(C)C)s1. The van der Waals surface area contributed by atoms with Crippen LogP contribution in [-0.2, 0) is 16.0 Å². The Morgan fingerprint density at radius 2 is 2.00 bits per heavy atom. The molecule has 20 heavy (non-hydrogen) atoms. The van der Waals surface area contributed by atoms with E-state index in [-0.39, 0.29) is 5.91 Å². The van der Waals surface area contributed by atoms with E-state index in [4.69, 9.17) is 5.11 Å². The summed E-state index contributed by atoms with van der Waals surface area (Å²) in [6.45, 7) is 8.11. The normalized spacial score (nSPS) is 23.4. The van der Waals surface area contributed by atoms with Gasteiger partial charge in [-0.25, -0.2) is 4.98 Å². The van der Waals surface area contributed by atoms with Crippen molar-refractivity contribution in [3.05, 3.63) is 15.6 Å². The van der Waals surface area contributed by atoms with Gasteiger partial charge in [0.1, 0.15) is 0 Å². The zero-order valence-electron chi connectivity index (χ0n) is 12.2. The average Bonchev–Trinajstić information content (AvgIpc) is 2.76. The molecule has 5 nitrogen and oxygen atoms in total. The van der Waals surface area contributed by atoms with Gasteiger partial charge in [0.2, 0.25) is 5.91 Å². The lowest BCUT2D eigenvalue weighted by atomic mass is 10.1. The number of thiazole rings is 1. The third kappa shape index (κ3) is 2.70. The second-order valence-electron chi connectivity index (χ2n) is 5.90. The molecular formula is C14H20N2O3S. The van der Waals surface area contributed by atoms with E-state index in [2.05, 4.69) is 10.3 Å². The van der Waals surface area contributed by atoms with Crippen molar-refractivity contribution in [2.24, 2.45) is 17.3 Å². The second-order valence-corrected chi connectivity index (χ2v) is 7.19. The molecule has 1 aromatic heterocycles. The van der Waals surface area contributed by atoms with Crippen LogP contribution in [0.5, 0.6) is 0 Å². The minimum Gasteiger partial charge on any atom is -0.481 e. The van der Waals surface area contributed by atoms with Gasteiger partial charge in [-0.05, 0) is 19.3 Å². The average molecular weight is 296 g/mol. The summed E-state index contributed by atoms with van der Waals surface area (Å²) < 4.78 is 0. The second kappa shape index (κ2) is 5.16. The van der Waals surface area contributed by atoms with Crippen LogP contribution in [0.25, 0.3) is 0 Å². The number of carbonyl (C=O) groups excluding carboxylic acids is 1. The van der Waals surface area contributed by atoms with Crippen molar-refractivity contribution in [2.45, 2.75) is 34.1 Å². The van der Waals surface area contributed by atoms with Crippen LogP contribution in [0.1, 0.15) is 29.4 Å². The molecule has 1 heterocycles. The Morgan fingerprint density at radius 1 is 1.35 bits per heavy atom. The Kier molecular flexibility index (Phi) is 3.86. The molecule has 0 radical (unpaired) electrons. The zero-order valence-corrected chi connectivity index (χ0v) is 13.0. The molecule has 0 aromatic carbocycles. The van der Waals surface area contributed by atoms with E-state index in [1.807, 2.05) is 27.7 Å². The van der Waals surface area contributed by atoms with Gasteiger partial charge in [0.05, 0.1) is 22.5 Å². The van der Waals surface area contributed by atoms with Crippen LogP contribution in [0, 0.1) is 31.1 Å². The molecule has 1 aliphatic carbocycles. The fraction of sp³-hybridized carbons (Fsp3) is 0.643. The summed E-state index contributed by atoms with van der Waals surface area (Å²) in [7, 11) is 0. The molecule has 0 saturated heterocycles. The first-order valence-corrected chi connectivity index (χ1v) is 7.50. The molecule has 0 spiro atoms. The molecule has 0 aliphatic heterocycles. The van der Waals surface area contributed by atoms with Crippen LogP contribution in [0.15, 0.2) is 0 Å². The van der Waals surface area contributed by atoms with Crippen LogP contribution >= 0.6 is 11.3 Å². The summed E-state index contributed by atoms with van der Waals surface area (Å²) in [5, 5.41) is 12.9. The molecule has 2 atom stereocenters. The molecule has 1 amide bonds. The smallest absolute Gasteiger partial charge is 0.307 e. The van der Waals surface area contributed by atoms with E-state index < -0.39 is 23.2 Å². The van der Waals surface area contributed by atoms with Gasteiger partial charge >= 0.3 is 5.97 Å². The molecular weight excluding hydrogens is 276 g/mol. The number of hydrogen-bond donors (Lipinski definition) is 2. The highest BCUT2D eigenvalue weighted by atomic mass is 32.1. The highest BCUT2D eigenvalue weighted by Gasteiger charge is 2.65. The van der Waals surface area contributed by atoms with E-state index in [9.17, 15) is 9.59 Å². The van der Waals surface area contributed by atoms with Gasteiger partial charge in [0, 0.05) is 17.8 Å². The van der Waals surface area contributed by atoms with Crippen LogP contribution < -0.4 is 5.32 Å². The molecule has 6 heteroatoms. The Labute approximate surface area is 122 Å². The highest BCUT2D eigenvalue weighted by molar-refractivity contribution is 7.11. The number of aryl methyl sites for hydroxylation is 2. The van der Waals surface area contributed by atoms with Gasteiger partial charge in [-0.15, -0.1) is 11.3 Å². The predicted octanol–water partition coefficient (Wildman–Crippen LogP) is 1.78. The van der Waals surface area contributed by atoms with Gasteiger partial charge in [-0.3, -0.25) is 9.59 Å². The Balaban J connectivity index is 1.85. The van der Waals surface area contributed by atoms with E-state index in [1.165, 1.54) is 4.88 Å². The summed E-state index contributed by atoms with van der Waals surface area (Å²) in [6, 6.07) is 0. The van der Waals surface area contributed by atoms with Crippen molar-refractivity contribution in [1.82, 2.24) is 10.3 Å². The van der Waals surface area contributed by atoms with Crippen molar-refractivity contribution in [3.8, 4) is 0 Å². The lowest BCUT2D eigenvalue weighted by Gasteiger charge is -2.05. The number of carboxylic acids is 1. The van der Waals surface area contributed by atoms with Crippen molar-refractivity contribution in [2.75, 3.05) is 6.54 Å². The maximum Gasteiger partial charge on any atom is 0.307 e. The first-order valence-electron chi connectivity index (χ1n) is 6.68. The van der Waals surface area contributed by atoms with Crippen molar-refractivity contribution in [3.63, 3.8) is 0 Å². The van der Waals surface area contributed by atoms with Crippen LogP contribution in [0.4, 0.5) is 0 Å². The Hall–Kier alpha value is -1.43. The number of aromatic nitrogens is 1. The molecule has 110 valence electrons. The molecule has 1 fully saturated rings. The zero-order chi connectivity index (χ0) is 15.1. The van der Waals surface area contributed by atoms with Gasteiger partial charge in [-0.2, -0.15) is 0 Å². The number of amides is 1. The monoisotopic (exact) mass is 296 g/mol. The number of hydrogen-bond acceptors (Lipinski definition) is 4. The molecule has 1 aliphatic rings. The standard InChI is InChI=1S/C14H20N2O3S/c1-7-9(20-8(2)16-7)5-6-15-12(17)10-11(13(18)19)14(10,3)4/h10-11H,5-6H2,1-4H3,(H,15,17)(H,18,19)/t10-,11+/m0/s1. The molecule has 2 N–H and O–H groups in total. The maximum absolute atomic E-state index is 12.0. The molecule has 1 aromatic rings.